The fourth-order valence-corrected chi connectivity index (χ4v) is 1.88. The van der Waals surface area contributed by atoms with Crippen molar-refractivity contribution >= 4 is 18.0 Å². The minimum atomic E-state index is -0.599. The minimum Gasteiger partial charge on any atom is -0.464 e. The van der Waals surface area contributed by atoms with Gasteiger partial charge in [0.2, 0.25) is 5.91 Å². The lowest BCUT2D eigenvalue weighted by Crippen LogP contribution is -2.42. The number of carbonyl (C=O) groups is 2. The van der Waals surface area contributed by atoms with Crippen LogP contribution in [0.2, 0.25) is 0 Å². The molecule has 0 aliphatic carbocycles. The first-order valence-corrected chi connectivity index (χ1v) is 7.23. The lowest BCUT2D eigenvalue weighted by Gasteiger charge is -2.18. The summed E-state index contributed by atoms with van der Waals surface area (Å²) in [6.45, 7) is 6.06. The summed E-state index contributed by atoms with van der Waals surface area (Å²) in [4.78, 5) is 23.7. The summed E-state index contributed by atoms with van der Waals surface area (Å²) < 4.78 is 4.99. The number of hydrogen-bond donors (Lipinski definition) is 1. The average molecular weight is 289 g/mol. The van der Waals surface area contributed by atoms with Crippen molar-refractivity contribution < 1.29 is 14.3 Å². The average Bonchev–Trinajstić information content (AvgIpc) is 2.45. The molecule has 0 aliphatic rings. The largest absolute Gasteiger partial charge is 0.464 e. The van der Waals surface area contributed by atoms with Gasteiger partial charge in [0.05, 0.1) is 6.61 Å². The van der Waals surface area contributed by atoms with Crippen molar-refractivity contribution in [1.29, 1.82) is 0 Å². The summed E-state index contributed by atoms with van der Waals surface area (Å²) in [7, 11) is 0. The predicted molar refractivity (Wildman–Crippen MR) is 83.5 cm³/mol. The van der Waals surface area contributed by atoms with Crippen LogP contribution < -0.4 is 5.32 Å². The van der Waals surface area contributed by atoms with Gasteiger partial charge in [-0.15, -0.1) is 0 Å². The van der Waals surface area contributed by atoms with E-state index in [-0.39, 0.29) is 17.8 Å². The van der Waals surface area contributed by atoms with E-state index in [4.69, 9.17) is 4.74 Å². The Labute approximate surface area is 126 Å². The van der Waals surface area contributed by atoms with E-state index in [1.165, 1.54) is 6.08 Å². The molecule has 1 atom stereocenters. The number of benzene rings is 1. The van der Waals surface area contributed by atoms with Gasteiger partial charge in [0, 0.05) is 6.08 Å². The van der Waals surface area contributed by atoms with Gasteiger partial charge >= 0.3 is 5.97 Å². The molecule has 1 N–H and O–H groups in total. The fraction of sp³-hybridized carbons (Fsp3) is 0.412. The van der Waals surface area contributed by atoms with Crippen LogP contribution in [0.3, 0.4) is 0 Å². The van der Waals surface area contributed by atoms with Crippen LogP contribution in [0.5, 0.6) is 0 Å². The number of carbonyl (C=O) groups excluding carboxylic acids is 2. The van der Waals surface area contributed by atoms with Gasteiger partial charge in [0.25, 0.3) is 0 Å². The molecule has 0 unspecified atom stereocenters. The molecule has 1 amide bonds. The Morgan fingerprint density at radius 2 is 1.90 bits per heavy atom. The first-order valence-electron chi connectivity index (χ1n) is 7.23. The highest BCUT2D eigenvalue weighted by atomic mass is 16.5. The van der Waals surface area contributed by atoms with Gasteiger partial charge < -0.3 is 10.1 Å². The Balaban J connectivity index is 2.63. The van der Waals surface area contributed by atoms with Crippen LogP contribution in [0.1, 0.15) is 32.8 Å². The zero-order valence-electron chi connectivity index (χ0n) is 12.8. The molecule has 0 aliphatic heterocycles. The van der Waals surface area contributed by atoms with Gasteiger partial charge in [-0.25, -0.2) is 4.79 Å². The van der Waals surface area contributed by atoms with Crippen LogP contribution >= 0.6 is 0 Å². The highest BCUT2D eigenvalue weighted by molar-refractivity contribution is 5.94. The number of esters is 1. The molecule has 4 nitrogen and oxygen atoms in total. The second-order valence-corrected chi connectivity index (χ2v) is 5.19. The maximum absolute atomic E-state index is 11.9. The summed E-state index contributed by atoms with van der Waals surface area (Å²) in [6, 6.07) is 8.92. The van der Waals surface area contributed by atoms with Crippen molar-refractivity contribution in [2.24, 2.45) is 5.92 Å². The Kier molecular flexibility index (Phi) is 7.23. The van der Waals surface area contributed by atoms with Gasteiger partial charge in [0.1, 0.15) is 6.04 Å². The van der Waals surface area contributed by atoms with E-state index in [0.29, 0.717) is 13.0 Å². The van der Waals surface area contributed by atoms with E-state index >= 15 is 0 Å². The van der Waals surface area contributed by atoms with Gasteiger partial charge in [0.15, 0.2) is 0 Å². The molecule has 1 rings (SSSR count). The van der Waals surface area contributed by atoms with Gasteiger partial charge in [-0.05, 0) is 30.9 Å². The van der Waals surface area contributed by atoms with Gasteiger partial charge in [-0.1, -0.05) is 44.2 Å². The number of ether oxygens (including phenoxy) is 1. The third-order valence-electron chi connectivity index (χ3n) is 2.82. The van der Waals surface area contributed by atoms with E-state index in [0.717, 1.165) is 5.56 Å². The van der Waals surface area contributed by atoms with Crippen LogP contribution in [0.25, 0.3) is 6.08 Å². The summed E-state index contributed by atoms with van der Waals surface area (Å²) >= 11 is 0. The fourth-order valence-electron chi connectivity index (χ4n) is 1.88. The first-order chi connectivity index (χ1) is 10.0. The first kappa shape index (κ1) is 17.0. The third kappa shape index (κ3) is 6.75. The molecule has 0 bridgehead atoms. The maximum atomic E-state index is 11.9. The van der Waals surface area contributed by atoms with Crippen molar-refractivity contribution in [3.63, 3.8) is 0 Å². The predicted octanol–water partition coefficient (Wildman–Crippen LogP) is 2.79. The van der Waals surface area contributed by atoms with Crippen LogP contribution in [0, 0.1) is 5.92 Å². The maximum Gasteiger partial charge on any atom is 0.328 e. The zero-order chi connectivity index (χ0) is 15.7. The smallest absolute Gasteiger partial charge is 0.328 e. The molecule has 0 spiro atoms. The highest BCUT2D eigenvalue weighted by Crippen LogP contribution is 2.07. The van der Waals surface area contributed by atoms with E-state index in [1.807, 2.05) is 44.2 Å². The highest BCUT2D eigenvalue weighted by Gasteiger charge is 2.22. The van der Waals surface area contributed by atoms with E-state index in [1.54, 1.807) is 13.0 Å². The molecule has 0 saturated heterocycles. The molecule has 0 radical (unpaired) electrons. The number of rotatable bonds is 7. The Bertz CT molecular complexity index is 480. The topological polar surface area (TPSA) is 55.4 Å². The van der Waals surface area contributed by atoms with E-state index in [2.05, 4.69) is 5.32 Å². The minimum absolute atomic E-state index is 0.290. The lowest BCUT2D eigenvalue weighted by molar-refractivity contribution is -0.147. The quantitative estimate of drug-likeness (QED) is 0.620. The number of nitrogens with one attached hydrogen (secondary N) is 1. The summed E-state index contributed by atoms with van der Waals surface area (Å²) in [5.41, 5.74) is 0.934. The molecule has 1 aromatic carbocycles. The molecule has 1 aromatic rings. The monoisotopic (exact) mass is 289 g/mol. The number of amides is 1. The normalized spacial score (nSPS) is 12.4. The molecule has 21 heavy (non-hydrogen) atoms. The molecule has 0 aromatic heterocycles. The van der Waals surface area contributed by atoms with Crippen LogP contribution in [-0.4, -0.2) is 24.5 Å². The summed E-state index contributed by atoms with van der Waals surface area (Å²) in [5.74, 6) is -0.386. The van der Waals surface area contributed by atoms with Crippen LogP contribution in [0.15, 0.2) is 36.4 Å². The molecule has 0 saturated carbocycles. The van der Waals surface area contributed by atoms with Gasteiger partial charge in [-0.3, -0.25) is 4.79 Å². The molecule has 114 valence electrons. The SMILES string of the molecule is CCOC(=O)[C@@H](CC(C)C)NC(=O)/C=C/c1ccccc1. The molecular weight excluding hydrogens is 266 g/mol. The van der Waals surface area contributed by atoms with E-state index < -0.39 is 6.04 Å². The summed E-state index contributed by atoms with van der Waals surface area (Å²) in [6.07, 6.45) is 3.71. The molecule has 0 fully saturated rings. The zero-order valence-corrected chi connectivity index (χ0v) is 12.8. The molecule has 4 heteroatoms. The van der Waals surface area contributed by atoms with Crippen molar-refractivity contribution in [3.05, 3.63) is 42.0 Å². The molecular formula is C17H23NO3. The lowest BCUT2D eigenvalue weighted by atomic mass is 10.0. The van der Waals surface area contributed by atoms with Crippen molar-refractivity contribution in [3.8, 4) is 0 Å². The third-order valence-corrected chi connectivity index (χ3v) is 2.82. The second-order valence-electron chi connectivity index (χ2n) is 5.19. The molecule has 0 heterocycles. The van der Waals surface area contributed by atoms with Crippen LogP contribution in [-0.2, 0) is 14.3 Å². The standard InChI is InChI=1S/C17H23NO3/c1-4-21-17(20)15(12-13(2)3)18-16(19)11-10-14-8-6-5-7-9-14/h5-11,13,15H,4,12H2,1-3H3,(H,18,19)/b11-10+/t15-/m1/s1. The van der Waals surface area contributed by atoms with Crippen molar-refractivity contribution in [1.82, 2.24) is 5.32 Å². The van der Waals surface area contributed by atoms with Crippen molar-refractivity contribution in [2.45, 2.75) is 33.2 Å². The van der Waals surface area contributed by atoms with Gasteiger partial charge in [-0.2, -0.15) is 0 Å². The van der Waals surface area contributed by atoms with Crippen molar-refractivity contribution in [2.75, 3.05) is 6.61 Å². The second kappa shape index (κ2) is 8.95. The summed E-state index contributed by atoms with van der Waals surface area (Å²) in [5, 5.41) is 2.70. The Morgan fingerprint density at radius 3 is 2.48 bits per heavy atom. The van der Waals surface area contributed by atoms with E-state index in [9.17, 15) is 9.59 Å². The van der Waals surface area contributed by atoms with Crippen LogP contribution in [0.4, 0.5) is 0 Å². The Morgan fingerprint density at radius 1 is 1.24 bits per heavy atom. The Hall–Kier alpha value is -2.10. The number of hydrogen-bond acceptors (Lipinski definition) is 3.